The highest BCUT2D eigenvalue weighted by Crippen LogP contribution is 2.16. The lowest BCUT2D eigenvalue weighted by atomic mass is 10.1. The molecular formula is C23H29N3O4S. The topological polar surface area (TPSA) is 70.2 Å². The van der Waals surface area contributed by atoms with Gasteiger partial charge in [0.15, 0.2) is 0 Å². The van der Waals surface area contributed by atoms with Crippen molar-refractivity contribution in [3.63, 3.8) is 0 Å². The van der Waals surface area contributed by atoms with E-state index in [2.05, 4.69) is 17.0 Å². The van der Waals surface area contributed by atoms with Crippen molar-refractivity contribution in [1.29, 1.82) is 0 Å². The van der Waals surface area contributed by atoms with Gasteiger partial charge in [0.2, 0.25) is 10.0 Å². The van der Waals surface area contributed by atoms with E-state index in [9.17, 15) is 13.2 Å². The minimum atomic E-state index is -3.37. The Morgan fingerprint density at radius 3 is 2.10 bits per heavy atom. The highest BCUT2D eigenvalue weighted by Gasteiger charge is 2.25. The summed E-state index contributed by atoms with van der Waals surface area (Å²) in [6, 6.07) is 17.3. The second-order valence-corrected chi connectivity index (χ2v) is 9.99. The van der Waals surface area contributed by atoms with Crippen LogP contribution in [-0.4, -0.2) is 80.9 Å². The third-order valence-corrected chi connectivity index (χ3v) is 7.67. The quantitative estimate of drug-likeness (QED) is 0.681. The van der Waals surface area contributed by atoms with Crippen molar-refractivity contribution >= 4 is 15.9 Å². The molecule has 2 saturated heterocycles. The number of hydrogen-bond acceptors (Lipinski definition) is 5. The molecule has 4 rings (SSSR count). The van der Waals surface area contributed by atoms with E-state index in [-0.39, 0.29) is 11.7 Å². The monoisotopic (exact) mass is 443 g/mol. The summed E-state index contributed by atoms with van der Waals surface area (Å²) >= 11 is 0. The van der Waals surface area contributed by atoms with E-state index < -0.39 is 10.0 Å². The molecular weight excluding hydrogens is 414 g/mol. The van der Waals surface area contributed by atoms with Gasteiger partial charge in [-0.05, 0) is 23.3 Å². The van der Waals surface area contributed by atoms with Crippen LogP contribution in [0.3, 0.4) is 0 Å². The normalized spacial score (nSPS) is 18.8. The second kappa shape index (κ2) is 9.91. The summed E-state index contributed by atoms with van der Waals surface area (Å²) in [6.45, 7) is 5.64. The summed E-state index contributed by atoms with van der Waals surface area (Å²) in [5.41, 5.74) is 2.57. The van der Waals surface area contributed by atoms with Gasteiger partial charge in [-0.3, -0.25) is 9.69 Å². The molecule has 0 bridgehead atoms. The highest BCUT2D eigenvalue weighted by atomic mass is 32.2. The zero-order valence-corrected chi connectivity index (χ0v) is 18.5. The maximum Gasteiger partial charge on any atom is 0.253 e. The summed E-state index contributed by atoms with van der Waals surface area (Å²) in [7, 11) is -3.37. The standard InChI is InChI=1S/C23H29N3O4S/c27-23(25-12-10-24(11-13-25)18-20-4-2-1-3-5-20)22-8-6-21(7-9-22)19-31(28,29)26-14-16-30-17-15-26/h1-9H,10-19H2. The fraction of sp³-hybridized carbons (Fsp3) is 0.435. The Morgan fingerprint density at radius 2 is 1.45 bits per heavy atom. The Bertz CT molecular complexity index is 966. The lowest BCUT2D eigenvalue weighted by Crippen LogP contribution is -2.48. The number of ether oxygens (including phenoxy) is 1. The van der Waals surface area contributed by atoms with E-state index in [1.807, 2.05) is 23.1 Å². The van der Waals surface area contributed by atoms with Crippen LogP contribution in [0.25, 0.3) is 0 Å². The molecule has 8 heteroatoms. The molecule has 166 valence electrons. The predicted molar refractivity (Wildman–Crippen MR) is 119 cm³/mol. The smallest absolute Gasteiger partial charge is 0.253 e. The van der Waals surface area contributed by atoms with E-state index in [4.69, 9.17) is 4.74 Å². The van der Waals surface area contributed by atoms with Gasteiger partial charge in [0.1, 0.15) is 0 Å². The average molecular weight is 444 g/mol. The molecule has 0 unspecified atom stereocenters. The van der Waals surface area contributed by atoms with Gasteiger partial charge >= 0.3 is 0 Å². The maximum absolute atomic E-state index is 12.9. The average Bonchev–Trinajstić information content (AvgIpc) is 2.81. The molecule has 2 aromatic carbocycles. The Morgan fingerprint density at radius 1 is 0.806 bits per heavy atom. The third kappa shape index (κ3) is 5.71. The molecule has 0 aromatic heterocycles. The van der Waals surface area contributed by atoms with Crippen molar-refractivity contribution in [3.05, 3.63) is 71.3 Å². The first-order valence-electron chi connectivity index (χ1n) is 10.7. The van der Waals surface area contributed by atoms with Crippen molar-refractivity contribution in [2.45, 2.75) is 12.3 Å². The van der Waals surface area contributed by atoms with Crippen LogP contribution in [-0.2, 0) is 27.1 Å². The number of rotatable bonds is 6. The lowest BCUT2D eigenvalue weighted by Gasteiger charge is -2.34. The molecule has 2 fully saturated rings. The van der Waals surface area contributed by atoms with Crippen molar-refractivity contribution in [2.24, 2.45) is 0 Å². The molecule has 2 aliphatic rings. The molecule has 31 heavy (non-hydrogen) atoms. The number of benzene rings is 2. The first-order valence-corrected chi connectivity index (χ1v) is 12.3. The number of hydrogen-bond donors (Lipinski definition) is 0. The van der Waals surface area contributed by atoms with Gasteiger partial charge in [0, 0.05) is 51.4 Å². The number of amides is 1. The van der Waals surface area contributed by atoms with E-state index >= 15 is 0 Å². The molecule has 0 spiro atoms. The number of sulfonamides is 1. The SMILES string of the molecule is O=C(c1ccc(CS(=O)(=O)N2CCOCC2)cc1)N1CCN(Cc2ccccc2)CC1. The molecule has 0 N–H and O–H groups in total. The zero-order chi connectivity index (χ0) is 21.7. The summed E-state index contributed by atoms with van der Waals surface area (Å²) in [6.07, 6.45) is 0. The fourth-order valence-corrected chi connectivity index (χ4v) is 5.51. The zero-order valence-electron chi connectivity index (χ0n) is 17.7. The summed E-state index contributed by atoms with van der Waals surface area (Å²) in [5.74, 6) is -0.0541. The minimum Gasteiger partial charge on any atom is -0.379 e. The highest BCUT2D eigenvalue weighted by molar-refractivity contribution is 7.88. The van der Waals surface area contributed by atoms with Gasteiger partial charge in [0.05, 0.1) is 19.0 Å². The van der Waals surface area contributed by atoms with Crippen LogP contribution in [0.4, 0.5) is 0 Å². The second-order valence-electron chi connectivity index (χ2n) is 8.02. The van der Waals surface area contributed by atoms with E-state index in [0.717, 1.165) is 19.6 Å². The Hall–Kier alpha value is -2.26. The molecule has 0 atom stereocenters. The van der Waals surface area contributed by atoms with Crippen LogP contribution in [0, 0.1) is 0 Å². The number of carbonyl (C=O) groups excluding carboxylic acids is 1. The van der Waals surface area contributed by atoms with Crippen molar-refractivity contribution in [3.8, 4) is 0 Å². The summed E-state index contributed by atoms with van der Waals surface area (Å²) in [5, 5.41) is 0. The minimum absolute atomic E-state index is 0.00180. The molecule has 1 amide bonds. The van der Waals surface area contributed by atoms with Gasteiger partial charge in [-0.25, -0.2) is 8.42 Å². The van der Waals surface area contributed by atoms with Crippen molar-refractivity contribution in [2.75, 3.05) is 52.5 Å². The third-order valence-electron chi connectivity index (χ3n) is 5.82. The van der Waals surface area contributed by atoms with Crippen molar-refractivity contribution in [1.82, 2.24) is 14.1 Å². The van der Waals surface area contributed by atoms with Gasteiger partial charge in [-0.2, -0.15) is 4.31 Å². The van der Waals surface area contributed by atoms with Gasteiger partial charge in [0.25, 0.3) is 5.91 Å². The Balaban J connectivity index is 1.30. The lowest BCUT2D eigenvalue weighted by molar-refractivity contribution is 0.0628. The number of nitrogens with zero attached hydrogens (tertiary/aromatic N) is 3. The van der Waals surface area contributed by atoms with Crippen LogP contribution in [0.1, 0.15) is 21.5 Å². The van der Waals surface area contributed by atoms with Crippen LogP contribution in [0.15, 0.2) is 54.6 Å². The van der Waals surface area contributed by atoms with Crippen LogP contribution in [0.5, 0.6) is 0 Å². The molecule has 0 radical (unpaired) electrons. The van der Waals surface area contributed by atoms with Gasteiger partial charge in [-0.1, -0.05) is 42.5 Å². The van der Waals surface area contributed by atoms with Crippen LogP contribution < -0.4 is 0 Å². The largest absolute Gasteiger partial charge is 0.379 e. The Kier molecular flexibility index (Phi) is 7.02. The maximum atomic E-state index is 12.9. The fourth-order valence-electron chi connectivity index (χ4n) is 4.00. The summed E-state index contributed by atoms with van der Waals surface area (Å²) in [4.78, 5) is 17.1. The molecule has 2 aliphatic heterocycles. The summed E-state index contributed by atoms with van der Waals surface area (Å²) < 4.78 is 31.9. The van der Waals surface area contributed by atoms with Gasteiger partial charge in [-0.15, -0.1) is 0 Å². The molecule has 0 saturated carbocycles. The first-order chi connectivity index (χ1) is 15.0. The van der Waals surface area contributed by atoms with E-state index in [1.165, 1.54) is 9.87 Å². The first kappa shape index (κ1) is 22.0. The number of morpholine rings is 1. The Labute approximate surface area is 184 Å². The van der Waals surface area contributed by atoms with Crippen LogP contribution in [0.2, 0.25) is 0 Å². The number of piperazine rings is 1. The molecule has 2 heterocycles. The van der Waals surface area contributed by atoms with Crippen LogP contribution >= 0.6 is 0 Å². The molecule has 2 aromatic rings. The number of carbonyl (C=O) groups is 1. The molecule has 7 nitrogen and oxygen atoms in total. The van der Waals surface area contributed by atoms with E-state index in [1.54, 1.807) is 24.3 Å². The van der Waals surface area contributed by atoms with E-state index in [0.29, 0.717) is 50.5 Å². The van der Waals surface area contributed by atoms with Gasteiger partial charge < -0.3 is 9.64 Å². The van der Waals surface area contributed by atoms with Crippen molar-refractivity contribution < 1.29 is 17.9 Å². The predicted octanol–water partition coefficient (Wildman–Crippen LogP) is 1.81. The molecule has 0 aliphatic carbocycles.